The van der Waals surface area contributed by atoms with Gasteiger partial charge in [-0.15, -0.1) is 11.3 Å². The molecule has 2 aromatic rings. The molecule has 0 radical (unpaired) electrons. The topological polar surface area (TPSA) is 50.4 Å². The monoisotopic (exact) mass is 416 g/mol. The number of esters is 1. The number of anilines is 1. The minimum absolute atomic E-state index is 0.0771. The van der Waals surface area contributed by atoms with Crippen LogP contribution in [0.1, 0.15) is 71.9 Å². The van der Waals surface area contributed by atoms with Gasteiger partial charge in [0.05, 0.1) is 18.2 Å². The second kappa shape index (κ2) is 10.0. The van der Waals surface area contributed by atoms with Crippen molar-refractivity contribution in [3.05, 3.63) is 51.9 Å². The smallest absolute Gasteiger partial charge is 0.341 e. The van der Waals surface area contributed by atoms with Gasteiger partial charge in [0.2, 0.25) is 0 Å². The first-order valence-electron chi connectivity index (χ1n) is 10.0. The number of rotatable bonds is 5. The highest BCUT2D eigenvalue weighted by molar-refractivity contribution is 7.80. The van der Waals surface area contributed by atoms with Crippen LogP contribution in [0.5, 0.6) is 0 Å². The molecule has 0 amide bonds. The van der Waals surface area contributed by atoms with E-state index < -0.39 is 0 Å². The third-order valence-electron chi connectivity index (χ3n) is 5.03. The quantitative estimate of drug-likeness (QED) is 0.488. The lowest BCUT2D eigenvalue weighted by Gasteiger charge is -2.17. The van der Waals surface area contributed by atoms with E-state index in [1.165, 1.54) is 24.1 Å². The van der Waals surface area contributed by atoms with Gasteiger partial charge in [-0.2, -0.15) is 0 Å². The molecule has 0 spiro atoms. The summed E-state index contributed by atoms with van der Waals surface area (Å²) >= 11 is 7.20. The average Bonchev–Trinajstić information content (AvgIpc) is 2.98. The number of hydrogen-bond acceptors (Lipinski definition) is 4. The standard InChI is InChI=1S/C22H28N2O2S2/c1-3-26-21(25)19-17-13-9-4-5-10-14-18(17)28-20(19)24-22(27)23-15(2)16-11-7-6-8-12-16/h6-8,11-12,15H,3-5,9-10,13-14H2,1-2H3,(H2,23,24,27). The molecule has 1 aromatic carbocycles. The van der Waals surface area contributed by atoms with Crippen LogP contribution in [0.3, 0.4) is 0 Å². The Bertz CT molecular complexity index is 817. The number of carbonyl (C=O) groups excluding carboxylic acids is 1. The van der Waals surface area contributed by atoms with Crippen molar-refractivity contribution < 1.29 is 9.53 Å². The van der Waals surface area contributed by atoms with Crippen molar-refractivity contribution in [1.29, 1.82) is 0 Å². The van der Waals surface area contributed by atoms with Crippen LogP contribution < -0.4 is 10.6 Å². The first kappa shape index (κ1) is 20.8. The van der Waals surface area contributed by atoms with Gasteiger partial charge in [0, 0.05) is 4.88 Å². The van der Waals surface area contributed by atoms with E-state index in [9.17, 15) is 4.79 Å². The molecular weight excluding hydrogens is 388 g/mol. The van der Waals surface area contributed by atoms with E-state index in [2.05, 4.69) is 29.7 Å². The Labute approximate surface area is 176 Å². The zero-order valence-corrected chi connectivity index (χ0v) is 18.2. The zero-order valence-electron chi connectivity index (χ0n) is 16.5. The molecule has 0 saturated heterocycles. The zero-order chi connectivity index (χ0) is 19.9. The van der Waals surface area contributed by atoms with Crippen molar-refractivity contribution in [1.82, 2.24) is 5.32 Å². The predicted octanol–water partition coefficient (Wildman–Crippen LogP) is 5.63. The predicted molar refractivity (Wildman–Crippen MR) is 120 cm³/mol. The van der Waals surface area contributed by atoms with E-state index in [1.54, 1.807) is 11.3 Å². The summed E-state index contributed by atoms with van der Waals surface area (Å²) in [5.41, 5.74) is 3.00. The normalized spacial score (nSPS) is 14.9. The molecule has 1 aliphatic carbocycles. The van der Waals surface area contributed by atoms with Crippen LogP contribution in [0.15, 0.2) is 30.3 Å². The van der Waals surface area contributed by atoms with Crippen molar-refractivity contribution >= 4 is 39.6 Å². The molecule has 1 aromatic heterocycles. The Hall–Kier alpha value is -1.92. The van der Waals surface area contributed by atoms with Gasteiger partial charge < -0.3 is 15.4 Å². The number of thiocarbonyl (C=S) groups is 1. The van der Waals surface area contributed by atoms with Gasteiger partial charge in [0.15, 0.2) is 5.11 Å². The Morgan fingerprint density at radius 3 is 2.61 bits per heavy atom. The lowest BCUT2D eigenvalue weighted by atomic mass is 9.96. The number of nitrogens with one attached hydrogen (secondary N) is 2. The number of aryl methyl sites for hydroxylation is 1. The maximum absolute atomic E-state index is 12.7. The van der Waals surface area contributed by atoms with Crippen molar-refractivity contribution in [3.8, 4) is 0 Å². The molecule has 3 rings (SSSR count). The number of fused-ring (bicyclic) bond motifs is 1. The third-order valence-corrected chi connectivity index (χ3v) is 6.45. The molecule has 1 atom stereocenters. The van der Waals surface area contributed by atoms with Crippen molar-refractivity contribution in [2.45, 2.75) is 58.4 Å². The van der Waals surface area contributed by atoms with E-state index in [-0.39, 0.29) is 12.0 Å². The highest BCUT2D eigenvalue weighted by atomic mass is 32.1. The minimum atomic E-state index is -0.248. The van der Waals surface area contributed by atoms with Gasteiger partial charge in [0.1, 0.15) is 5.00 Å². The van der Waals surface area contributed by atoms with E-state index in [0.29, 0.717) is 17.3 Å². The van der Waals surface area contributed by atoms with Crippen molar-refractivity contribution in [3.63, 3.8) is 0 Å². The van der Waals surface area contributed by atoms with E-state index >= 15 is 0 Å². The Balaban J connectivity index is 1.80. The van der Waals surface area contributed by atoms with Gasteiger partial charge in [-0.05, 0) is 62.9 Å². The van der Waals surface area contributed by atoms with E-state index in [0.717, 1.165) is 35.4 Å². The minimum Gasteiger partial charge on any atom is -0.462 e. The lowest BCUT2D eigenvalue weighted by molar-refractivity contribution is 0.0526. The Morgan fingerprint density at radius 2 is 1.89 bits per heavy atom. The SMILES string of the molecule is CCOC(=O)c1c(NC(=S)NC(C)c2ccccc2)sc2c1CCCCCC2. The van der Waals surface area contributed by atoms with Crippen LogP contribution in [0.25, 0.3) is 0 Å². The summed E-state index contributed by atoms with van der Waals surface area (Å²) < 4.78 is 5.36. The molecular formula is C22H28N2O2S2. The summed E-state index contributed by atoms with van der Waals surface area (Å²) in [6, 6.07) is 10.3. The summed E-state index contributed by atoms with van der Waals surface area (Å²) in [5, 5.41) is 7.94. The molecule has 1 heterocycles. The highest BCUT2D eigenvalue weighted by Crippen LogP contribution is 2.37. The highest BCUT2D eigenvalue weighted by Gasteiger charge is 2.25. The van der Waals surface area contributed by atoms with Gasteiger partial charge in [0.25, 0.3) is 0 Å². The lowest BCUT2D eigenvalue weighted by Crippen LogP contribution is -2.31. The Morgan fingerprint density at radius 1 is 1.18 bits per heavy atom. The molecule has 0 bridgehead atoms. The molecule has 6 heteroatoms. The average molecular weight is 417 g/mol. The number of carbonyl (C=O) groups is 1. The molecule has 0 fully saturated rings. The van der Waals surface area contributed by atoms with E-state index in [1.807, 2.05) is 25.1 Å². The van der Waals surface area contributed by atoms with Crippen LogP contribution in [-0.2, 0) is 17.6 Å². The first-order chi connectivity index (χ1) is 13.6. The second-order valence-electron chi connectivity index (χ2n) is 7.07. The van der Waals surface area contributed by atoms with Crippen LogP contribution in [0, 0.1) is 0 Å². The first-order valence-corrected chi connectivity index (χ1v) is 11.3. The maximum atomic E-state index is 12.7. The van der Waals surface area contributed by atoms with Crippen molar-refractivity contribution in [2.75, 3.05) is 11.9 Å². The summed E-state index contributed by atoms with van der Waals surface area (Å²) in [7, 11) is 0. The van der Waals surface area contributed by atoms with Crippen LogP contribution in [0.2, 0.25) is 0 Å². The van der Waals surface area contributed by atoms with Crippen LogP contribution in [0.4, 0.5) is 5.00 Å². The Kier molecular flexibility index (Phi) is 7.45. The molecule has 0 aliphatic heterocycles. The fraction of sp³-hybridized carbons (Fsp3) is 0.455. The molecule has 150 valence electrons. The second-order valence-corrected chi connectivity index (χ2v) is 8.59. The maximum Gasteiger partial charge on any atom is 0.341 e. The number of thiophene rings is 1. The summed E-state index contributed by atoms with van der Waals surface area (Å²) in [6.45, 7) is 4.29. The number of hydrogen-bond donors (Lipinski definition) is 2. The summed E-state index contributed by atoms with van der Waals surface area (Å²) in [6.07, 6.45) is 6.71. The van der Waals surface area contributed by atoms with Gasteiger partial charge in [-0.25, -0.2) is 4.79 Å². The third kappa shape index (κ3) is 5.11. The van der Waals surface area contributed by atoms with Gasteiger partial charge in [-0.3, -0.25) is 0 Å². The molecule has 28 heavy (non-hydrogen) atoms. The molecule has 2 N–H and O–H groups in total. The van der Waals surface area contributed by atoms with Crippen LogP contribution in [-0.4, -0.2) is 17.7 Å². The van der Waals surface area contributed by atoms with Crippen LogP contribution >= 0.6 is 23.6 Å². The van der Waals surface area contributed by atoms with Gasteiger partial charge >= 0.3 is 5.97 Å². The number of benzene rings is 1. The van der Waals surface area contributed by atoms with E-state index in [4.69, 9.17) is 17.0 Å². The fourth-order valence-electron chi connectivity index (χ4n) is 3.59. The van der Waals surface area contributed by atoms with Crippen molar-refractivity contribution in [2.24, 2.45) is 0 Å². The fourth-order valence-corrected chi connectivity index (χ4v) is 5.21. The molecule has 4 nitrogen and oxygen atoms in total. The molecule has 0 saturated carbocycles. The molecule has 1 unspecified atom stereocenters. The summed E-state index contributed by atoms with van der Waals surface area (Å²) in [5.74, 6) is -0.248. The largest absolute Gasteiger partial charge is 0.462 e. The molecule has 1 aliphatic rings. The summed E-state index contributed by atoms with van der Waals surface area (Å²) in [4.78, 5) is 14.0. The number of ether oxygens (including phenoxy) is 1. The van der Waals surface area contributed by atoms with Gasteiger partial charge in [-0.1, -0.05) is 43.2 Å².